The van der Waals surface area contributed by atoms with Gasteiger partial charge in [-0.15, -0.1) is 0 Å². The number of carboxylic acid groups (broad SMARTS) is 1. The van der Waals surface area contributed by atoms with Crippen molar-refractivity contribution in [2.45, 2.75) is 156 Å². The molecule has 0 atom stereocenters. The molecule has 3 amide bonds. The molecule has 0 spiro atoms. The van der Waals surface area contributed by atoms with E-state index >= 15 is 0 Å². The highest BCUT2D eigenvalue weighted by Gasteiger charge is 2.04. The molecule has 0 rings (SSSR count). The van der Waals surface area contributed by atoms with Gasteiger partial charge in [0.2, 0.25) is 17.7 Å². The second-order valence-corrected chi connectivity index (χ2v) is 11.7. The lowest BCUT2D eigenvalue weighted by Gasteiger charge is -2.08. The zero-order chi connectivity index (χ0) is 33.6. The van der Waals surface area contributed by atoms with Crippen LogP contribution in [0.3, 0.4) is 0 Å². The Morgan fingerprint density at radius 3 is 1.33 bits per heavy atom. The zero-order valence-corrected chi connectivity index (χ0v) is 29.2. The normalized spacial score (nSPS) is 10.6. The lowest BCUT2D eigenvalue weighted by Crippen LogP contribution is -2.30. The third-order valence-electron chi connectivity index (χ3n) is 6.99. The molecule has 0 saturated carbocycles. The Labute approximate surface area is 274 Å². The summed E-state index contributed by atoms with van der Waals surface area (Å²) in [5.41, 5.74) is 0. The summed E-state index contributed by atoms with van der Waals surface area (Å²) in [5.74, 6) is -0.817. The summed E-state index contributed by atoms with van der Waals surface area (Å²) in [6.45, 7) is 8.71. The van der Waals surface area contributed by atoms with Gasteiger partial charge in [0.05, 0.1) is 19.8 Å². The lowest BCUT2D eigenvalue weighted by atomic mass is 10.0. The molecule has 10 nitrogen and oxygen atoms in total. The fraction of sp³-hybridized carbons (Fsp3) is 0.886. The second kappa shape index (κ2) is 38.0. The minimum Gasteiger partial charge on any atom is -0.481 e. The van der Waals surface area contributed by atoms with Crippen LogP contribution in [-0.4, -0.2) is 74.9 Å². The summed E-state index contributed by atoms with van der Waals surface area (Å²) in [6.07, 6.45) is 22.3. The molecule has 4 N–H and O–H groups in total. The monoisotopic (exact) mass is 644 g/mol. The van der Waals surface area contributed by atoms with E-state index in [1.165, 1.54) is 83.5 Å². The zero-order valence-electron chi connectivity index (χ0n) is 29.2. The maximum Gasteiger partial charge on any atom is 0.303 e. The van der Waals surface area contributed by atoms with Crippen molar-refractivity contribution in [3.63, 3.8) is 0 Å². The smallest absolute Gasteiger partial charge is 0.303 e. The summed E-state index contributed by atoms with van der Waals surface area (Å²) in [6, 6.07) is 0. The third-order valence-corrected chi connectivity index (χ3v) is 6.99. The van der Waals surface area contributed by atoms with Crippen LogP contribution in [-0.2, 0) is 28.7 Å². The van der Waals surface area contributed by atoms with Crippen LogP contribution in [0.5, 0.6) is 0 Å². The first-order chi connectivity index (χ1) is 21.9. The Kier molecular flexibility index (Phi) is 37.9. The van der Waals surface area contributed by atoms with Gasteiger partial charge in [-0.25, -0.2) is 0 Å². The van der Waals surface area contributed by atoms with Gasteiger partial charge in [0.25, 0.3) is 0 Å². The average Bonchev–Trinajstić information content (AvgIpc) is 3.00. The summed E-state index contributed by atoms with van der Waals surface area (Å²) >= 11 is 0. The maximum absolute atomic E-state index is 12.0. The Morgan fingerprint density at radius 1 is 0.467 bits per heavy atom. The molecule has 0 aliphatic carbocycles. The molecule has 0 bridgehead atoms. The van der Waals surface area contributed by atoms with E-state index in [-0.39, 0.29) is 24.3 Å². The summed E-state index contributed by atoms with van der Waals surface area (Å²) in [7, 11) is 0. The molecular formula is C35H69N3O7. The van der Waals surface area contributed by atoms with Crippen molar-refractivity contribution in [3.05, 3.63) is 0 Å². The van der Waals surface area contributed by atoms with Gasteiger partial charge in [-0.05, 0) is 26.2 Å². The van der Waals surface area contributed by atoms with Crippen LogP contribution in [0.2, 0.25) is 0 Å². The number of carbonyl (C=O) groups excluding carboxylic acids is 3. The van der Waals surface area contributed by atoms with Crippen LogP contribution in [0.4, 0.5) is 0 Å². The average molecular weight is 644 g/mol. The quantitative estimate of drug-likeness (QED) is 0.0598. The van der Waals surface area contributed by atoms with Crippen molar-refractivity contribution in [1.82, 2.24) is 16.0 Å². The molecule has 0 aromatic heterocycles. The van der Waals surface area contributed by atoms with E-state index < -0.39 is 5.97 Å². The number of aliphatic carboxylic acids is 1. The first-order valence-electron chi connectivity index (χ1n) is 18.0. The Hall–Kier alpha value is -2.20. The minimum atomic E-state index is -0.681. The molecule has 0 radical (unpaired) electrons. The maximum atomic E-state index is 12.0. The molecule has 0 unspecified atom stereocenters. The second-order valence-electron chi connectivity index (χ2n) is 11.7. The molecule has 0 aromatic rings. The van der Waals surface area contributed by atoms with Crippen molar-refractivity contribution in [2.24, 2.45) is 0 Å². The SMILES string of the molecule is CCC.CCNC(=O)COCCOCCNC(=O)CCCNC(=O)CCCCCCCCCCCCCCCCCCC(=O)O. The highest BCUT2D eigenvalue weighted by atomic mass is 16.5. The van der Waals surface area contributed by atoms with E-state index in [0.29, 0.717) is 65.1 Å². The molecule has 0 saturated heterocycles. The summed E-state index contributed by atoms with van der Waals surface area (Å²) < 4.78 is 10.5. The molecule has 45 heavy (non-hydrogen) atoms. The van der Waals surface area contributed by atoms with Gasteiger partial charge in [-0.3, -0.25) is 19.2 Å². The molecular weight excluding hydrogens is 574 g/mol. The van der Waals surface area contributed by atoms with E-state index in [1.807, 2.05) is 6.92 Å². The predicted octanol–water partition coefficient (Wildman–Crippen LogP) is 6.69. The standard InChI is InChI=1S/C32H61N3O7.C3H8/c1-2-33-31(38)28-42-27-26-41-25-24-35-30(37)21-19-23-34-29(36)20-17-15-13-11-9-7-5-3-4-6-8-10-12-14-16-18-22-32(39)40;1-3-2/h2-28H2,1H3,(H,33,38)(H,34,36)(H,35,37)(H,39,40);3H2,1-2H3. The topological polar surface area (TPSA) is 143 Å². The fourth-order valence-corrected chi connectivity index (χ4v) is 4.59. The molecule has 266 valence electrons. The number of carbonyl (C=O) groups is 4. The number of ether oxygens (including phenoxy) is 2. The first kappa shape index (κ1) is 44.9. The van der Waals surface area contributed by atoms with Crippen molar-refractivity contribution in [3.8, 4) is 0 Å². The molecule has 0 aliphatic heterocycles. The van der Waals surface area contributed by atoms with Crippen LogP contribution >= 0.6 is 0 Å². The number of carboxylic acids is 1. The van der Waals surface area contributed by atoms with Crippen molar-refractivity contribution < 1.29 is 33.8 Å². The van der Waals surface area contributed by atoms with Gasteiger partial charge in [0.1, 0.15) is 6.61 Å². The van der Waals surface area contributed by atoms with Crippen LogP contribution < -0.4 is 16.0 Å². The van der Waals surface area contributed by atoms with E-state index in [9.17, 15) is 19.2 Å². The van der Waals surface area contributed by atoms with Crippen LogP contribution in [0.1, 0.15) is 156 Å². The van der Waals surface area contributed by atoms with E-state index in [1.54, 1.807) is 0 Å². The van der Waals surface area contributed by atoms with Gasteiger partial charge in [0, 0.05) is 38.9 Å². The van der Waals surface area contributed by atoms with Crippen molar-refractivity contribution in [2.75, 3.05) is 46.1 Å². The number of rotatable bonds is 32. The third kappa shape index (κ3) is 41.8. The Bertz CT molecular complexity index is 692. The fourth-order valence-electron chi connectivity index (χ4n) is 4.59. The summed E-state index contributed by atoms with van der Waals surface area (Å²) in [5, 5.41) is 17.0. The number of hydrogen-bond donors (Lipinski definition) is 4. The predicted molar refractivity (Wildman–Crippen MR) is 182 cm³/mol. The molecule has 10 heteroatoms. The largest absolute Gasteiger partial charge is 0.481 e. The van der Waals surface area contributed by atoms with Gasteiger partial charge in [-0.1, -0.05) is 110 Å². The molecule has 0 fully saturated rings. The van der Waals surface area contributed by atoms with E-state index in [2.05, 4.69) is 29.8 Å². The number of unbranched alkanes of at least 4 members (excludes halogenated alkanes) is 15. The number of nitrogens with one attached hydrogen (secondary N) is 3. The Morgan fingerprint density at radius 2 is 0.867 bits per heavy atom. The first-order valence-corrected chi connectivity index (χ1v) is 18.0. The Balaban J connectivity index is 0. The number of likely N-dealkylation sites (N-methyl/N-ethyl adjacent to an activating group) is 1. The van der Waals surface area contributed by atoms with Gasteiger partial charge in [0.15, 0.2) is 0 Å². The van der Waals surface area contributed by atoms with Crippen LogP contribution in [0.25, 0.3) is 0 Å². The van der Waals surface area contributed by atoms with Crippen molar-refractivity contribution in [1.29, 1.82) is 0 Å². The number of amides is 3. The van der Waals surface area contributed by atoms with Gasteiger partial charge in [-0.2, -0.15) is 0 Å². The van der Waals surface area contributed by atoms with Gasteiger partial charge >= 0.3 is 5.97 Å². The van der Waals surface area contributed by atoms with E-state index in [4.69, 9.17) is 14.6 Å². The van der Waals surface area contributed by atoms with Crippen molar-refractivity contribution >= 4 is 23.7 Å². The molecule has 0 aromatic carbocycles. The molecule has 0 heterocycles. The minimum absolute atomic E-state index is 0.0234. The highest BCUT2D eigenvalue weighted by Crippen LogP contribution is 2.14. The molecule has 0 aliphatic rings. The van der Waals surface area contributed by atoms with Crippen LogP contribution in [0.15, 0.2) is 0 Å². The van der Waals surface area contributed by atoms with Gasteiger partial charge < -0.3 is 30.5 Å². The highest BCUT2D eigenvalue weighted by molar-refractivity contribution is 5.77. The van der Waals surface area contributed by atoms with Crippen LogP contribution in [0, 0.1) is 0 Å². The number of hydrogen-bond acceptors (Lipinski definition) is 6. The summed E-state index contributed by atoms with van der Waals surface area (Å²) in [4.78, 5) is 45.5. The van der Waals surface area contributed by atoms with E-state index in [0.717, 1.165) is 25.7 Å². The lowest BCUT2D eigenvalue weighted by molar-refractivity contribution is -0.137.